The molecule has 2 aromatic carbocycles. The van der Waals surface area contributed by atoms with Gasteiger partial charge in [-0.2, -0.15) is 0 Å². The Kier molecular flexibility index (Phi) is 26.1. The van der Waals surface area contributed by atoms with Gasteiger partial charge in [0.25, 0.3) is 0 Å². The average Bonchev–Trinajstić information content (AvgIpc) is 2.76. The van der Waals surface area contributed by atoms with E-state index < -0.39 is 138 Å². The highest BCUT2D eigenvalue weighted by atomic mass is 16.3. The van der Waals surface area contributed by atoms with E-state index in [0.717, 1.165) is 22.7 Å². The smallest absolute Gasteiger partial charge is 0.246 e. The van der Waals surface area contributed by atoms with Gasteiger partial charge in [-0.05, 0) is 79.1 Å². The number of aromatic hydroxyl groups is 1. The standard InChI is InChI=1S/C58H80N16O14/c1-30(2)21-42(53(84)69-40(11-8-18-64-58(61)62-5)52(83)70-41(50(60)81)24-35-27-65-39-10-7-6-9-38(35)39)68-48(80)28-66-51(82)43(22-34-16-19-63-20-17-34)72-56(87)49(31(3)75)73-54(85)44(26-47(59)79)71-55(86)46-25-37(78)29-74(46)57(88)45(67-32(4)76)23-33-12-14-36(77)15-13-33/h6-7,9-10,12-17,19-20,27,30-31,37,40-46,49,65,75,77-78H,8,11,18,21-26,28-29H2,1-5H3,(H2,59,79)(H2,60,81)(H,66,82)(H,67,76)(H,68,80)(H,69,84)(H,70,83)(H,71,86)(H,72,87)(H,73,85)(H3,61,62,64)/t31-,37-,40+,41+,42+,43+,44+,45-,46+,49+/m1/s1. The number of hydrogen-bond acceptors (Lipinski definition) is 16. The van der Waals surface area contributed by atoms with E-state index in [1.165, 1.54) is 62.8 Å². The number of aliphatic hydroxyl groups is 2. The summed E-state index contributed by atoms with van der Waals surface area (Å²) in [4.78, 5) is 161. The first-order valence-corrected chi connectivity index (χ1v) is 28.5. The van der Waals surface area contributed by atoms with E-state index in [0.29, 0.717) is 16.7 Å². The fourth-order valence-corrected chi connectivity index (χ4v) is 9.78. The Hall–Kier alpha value is -9.71. The Morgan fingerprint density at radius 3 is 1.97 bits per heavy atom. The van der Waals surface area contributed by atoms with Crippen LogP contribution in [0.5, 0.6) is 5.75 Å². The van der Waals surface area contributed by atoms with Crippen LogP contribution in [0.4, 0.5) is 0 Å². The Balaban J connectivity index is 1.28. The van der Waals surface area contributed by atoms with Crippen molar-refractivity contribution in [1.29, 1.82) is 0 Å². The minimum Gasteiger partial charge on any atom is -0.508 e. The lowest BCUT2D eigenvalue weighted by Crippen LogP contribution is -2.61. The van der Waals surface area contributed by atoms with Crippen LogP contribution in [0, 0.1) is 5.92 Å². The molecular formula is C58H80N16O14. The molecule has 0 saturated carbocycles. The molecule has 5 rings (SSSR count). The van der Waals surface area contributed by atoms with E-state index in [9.17, 15) is 68.1 Å². The number of phenolic OH excluding ortho intramolecular Hbond substituents is 1. The Morgan fingerprint density at radius 2 is 1.33 bits per heavy atom. The summed E-state index contributed by atoms with van der Waals surface area (Å²) in [7, 11) is 1.48. The summed E-state index contributed by atoms with van der Waals surface area (Å²) in [5.41, 5.74) is 19.5. The molecule has 10 atom stereocenters. The number of amides is 11. The molecule has 0 aliphatic carbocycles. The fraction of sp³-hybridized carbons (Fsp3) is 0.466. The highest BCUT2D eigenvalue weighted by molar-refractivity contribution is 5.99. The zero-order chi connectivity index (χ0) is 64.8. The lowest BCUT2D eigenvalue weighted by Gasteiger charge is -2.30. The van der Waals surface area contributed by atoms with Gasteiger partial charge >= 0.3 is 0 Å². The molecule has 1 aliphatic rings. The molecule has 1 saturated heterocycles. The van der Waals surface area contributed by atoms with Crippen LogP contribution in [0.15, 0.2) is 84.2 Å². The molecule has 11 amide bonds. The van der Waals surface area contributed by atoms with Crippen molar-refractivity contribution in [3.8, 4) is 5.75 Å². The van der Waals surface area contributed by atoms with Gasteiger partial charge in [0, 0.05) is 82.2 Å². The summed E-state index contributed by atoms with van der Waals surface area (Å²) in [5, 5.41) is 55.1. The number of H-pyrrole nitrogens is 1. The van der Waals surface area contributed by atoms with Crippen molar-refractivity contribution in [2.75, 3.05) is 26.7 Å². The molecule has 1 aliphatic heterocycles. The van der Waals surface area contributed by atoms with Gasteiger partial charge in [-0.25, -0.2) is 0 Å². The van der Waals surface area contributed by atoms with Gasteiger partial charge in [-0.1, -0.05) is 44.2 Å². The number of nitrogens with one attached hydrogen (secondary N) is 10. The molecule has 0 unspecified atom stereocenters. The highest BCUT2D eigenvalue weighted by Crippen LogP contribution is 2.23. The molecule has 0 spiro atoms. The molecule has 30 nitrogen and oxygen atoms in total. The number of primary amides is 2. The summed E-state index contributed by atoms with van der Waals surface area (Å²) in [5.74, 6) is -10.1. The van der Waals surface area contributed by atoms with E-state index in [1.54, 1.807) is 20.0 Å². The van der Waals surface area contributed by atoms with Gasteiger partial charge in [0.2, 0.25) is 65.0 Å². The second-order valence-electron chi connectivity index (χ2n) is 21.8. The largest absolute Gasteiger partial charge is 0.508 e. The third-order valence-electron chi connectivity index (χ3n) is 14.2. The highest BCUT2D eigenvalue weighted by Gasteiger charge is 2.43. The Morgan fingerprint density at radius 1 is 0.705 bits per heavy atom. The van der Waals surface area contributed by atoms with Crippen LogP contribution in [-0.4, -0.2) is 188 Å². The number of aromatic amines is 1. The number of aromatic nitrogens is 2. The number of rotatable bonds is 32. The summed E-state index contributed by atoms with van der Waals surface area (Å²) in [6.45, 7) is 4.99. The Labute approximate surface area is 507 Å². The van der Waals surface area contributed by atoms with Crippen molar-refractivity contribution in [3.63, 3.8) is 0 Å². The SMILES string of the molecule is CN=C(N)NCCC[C@H](NC(=O)[C@H](CC(C)C)NC(=O)CNC(=O)[C@H](Cc1ccncc1)NC(=O)[C@@H](NC(=O)[C@H](CC(N)=O)NC(=O)[C@@H]1C[C@@H](O)CN1C(=O)[C@@H](Cc1ccc(O)cc1)NC(C)=O)[C@@H](C)O)C(=O)N[C@@H](Cc1c[nH]c2ccccc12)C(N)=O. The number of carbonyl (C=O) groups excluding carboxylic acids is 11. The summed E-state index contributed by atoms with van der Waals surface area (Å²) in [6, 6.07) is 4.52. The van der Waals surface area contributed by atoms with Crippen LogP contribution in [0.1, 0.15) is 76.5 Å². The molecule has 3 heterocycles. The van der Waals surface area contributed by atoms with Crippen LogP contribution < -0.4 is 65.1 Å². The number of nitrogens with zero attached hydrogens (tertiary/aromatic N) is 3. The van der Waals surface area contributed by atoms with E-state index in [2.05, 4.69) is 62.8 Å². The van der Waals surface area contributed by atoms with E-state index in [1.807, 2.05) is 24.3 Å². The van der Waals surface area contributed by atoms with Crippen molar-refractivity contribution in [3.05, 3.63) is 95.9 Å². The molecule has 30 heteroatoms. The molecule has 1 fully saturated rings. The number of pyridine rings is 1. The molecule has 88 heavy (non-hydrogen) atoms. The molecular weight excluding hydrogens is 1140 g/mol. The first kappa shape index (κ1) is 69.1. The molecule has 476 valence electrons. The summed E-state index contributed by atoms with van der Waals surface area (Å²) < 4.78 is 0. The van der Waals surface area contributed by atoms with Gasteiger partial charge in [-0.3, -0.25) is 62.7 Å². The summed E-state index contributed by atoms with van der Waals surface area (Å²) in [6.07, 6.45) is 0.445. The Bertz CT molecular complexity index is 3140. The number of phenols is 1. The fourth-order valence-electron chi connectivity index (χ4n) is 9.78. The van der Waals surface area contributed by atoms with Crippen LogP contribution >= 0.6 is 0 Å². The maximum atomic E-state index is 14.1. The van der Waals surface area contributed by atoms with Gasteiger partial charge in [0.1, 0.15) is 54.1 Å². The van der Waals surface area contributed by atoms with Gasteiger partial charge < -0.3 is 90.3 Å². The summed E-state index contributed by atoms with van der Waals surface area (Å²) >= 11 is 0. The second-order valence-corrected chi connectivity index (χ2v) is 21.8. The van der Waals surface area contributed by atoms with E-state index in [-0.39, 0.29) is 75.7 Å². The molecule has 4 aromatic rings. The first-order chi connectivity index (χ1) is 41.7. The van der Waals surface area contributed by atoms with Gasteiger partial charge in [0.15, 0.2) is 5.96 Å². The van der Waals surface area contributed by atoms with Crippen LogP contribution in [0.25, 0.3) is 10.9 Å². The molecule has 0 radical (unpaired) electrons. The number of hydrogen-bond donors (Lipinski definition) is 16. The number of aliphatic imine (C=N–C) groups is 1. The van der Waals surface area contributed by atoms with Crippen molar-refractivity contribution >= 4 is 81.8 Å². The quantitative estimate of drug-likeness (QED) is 0.0126. The first-order valence-electron chi connectivity index (χ1n) is 28.5. The number of nitrogens with two attached hydrogens (primary N) is 3. The van der Waals surface area contributed by atoms with E-state index >= 15 is 0 Å². The topological polar surface area (TPSA) is 479 Å². The maximum absolute atomic E-state index is 14.1. The van der Waals surface area contributed by atoms with Crippen molar-refractivity contribution in [2.45, 2.75) is 140 Å². The number of fused-ring (bicyclic) bond motifs is 1. The lowest BCUT2D eigenvalue weighted by molar-refractivity contribution is -0.142. The molecule has 0 bridgehead atoms. The predicted molar refractivity (Wildman–Crippen MR) is 319 cm³/mol. The number of likely N-dealkylation sites (tertiary alicyclic amines) is 1. The number of benzene rings is 2. The number of aliphatic hydroxyl groups excluding tert-OH is 2. The van der Waals surface area contributed by atoms with Crippen molar-refractivity contribution < 1.29 is 68.1 Å². The zero-order valence-corrected chi connectivity index (χ0v) is 49.5. The van der Waals surface area contributed by atoms with Crippen LogP contribution in [-0.2, 0) is 72.0 Å². The number of carbonyl (C=O) groups is 11. The minimum absolute atomic E-state index is 0.0237. The lowest BCUT2D eigenvalue weighted by atomic mass is 10.0. The maximum Gasteiger partial charge on any atom is 0.246 e. The van der Waals surface area contributed by atoms with Crippen molar-refractivity contribution in [1.82, 2.24) is 62.7 Å². The van der Waals surface area contributed by atoms with Gasteiger partial charge in [0.05, 0.1) is 25.2 Å². The zero-order valence-electron chi connectivity index (χ0n) is 49.5. The van der Waals surface area contributed by atoms with Crippen molar-refractivity contribution in [2.24, 2.45) is 28.1 Å². The predicted octanol–water partition coefficient (Wildman–Crippen LogP) is -4.11. The van der Waals surface area contributed by atoms with E-state index in [4.69, 9.17) is 17.2 Å². The van der Waals surface area contributed by atoms with Crippen LogP contribution in [0.3, 0.4) is 0 Å². The minimum atomic E-state index is -1.89. The molecule has 2 aromatic heterocycles. The molecule has 19 N–H and O–H groups in total. The number of para-hydroxylation sites is 1. The third kappa shape index (κ3) is 21.4. The second kappa shape index (κ2) is 33.3. The third-order valence-corrected chi connectivity index (χ3v) is 14.2. The monoisotopic (exact) mass is 1220 g/mol. The number of β-amino-alcohol motifs (C(OH)–C–C–N with tert-alkyl or cyclic N) is 1. The normalized spacial score (nSPS) is 16.7. The number of guanidine groups is 1. The van der Waals surface area contributed by atoms with Gasteiger partial charge in [-0.15, -0.1) is 0 Å². The average molecular weight is 1230 g/mol. The van der Waals surface area contributed by atoms with Crippen LogP contribution in [0.2, 0.25) is 0 Å².